The van der Waals surface area contributed by atoms with Crippen molar-refractivity contribution in [2.45, 2.75) is 44.9 Å². The number of benzene rings is 2. The number of hydrogen-bond acceptors (Lipinski definition) is 8. The molecule has 41 heavy (non-hydrogen) atoms. The van der Waals surface area contributed by atoms with E-state index in [0.717, 1.165) is 23.1 Å². The first-order valence-corrected chi connectivity index (χ1v) is 14.3. The van der Waals surface area contributed by atoms with E-state index in [1.165, 1.54) is 33.4 Å². The summed E-state index contributed by atoms with van der Waals surface area (Å²) in [5, 5.41) is 15.6. The van der Waals surface area contributed by atoms with Crippen LogP contribution in [0.3, 0.4) is 0 Å². The molecule has 3 N–H and O–H groups in total. The molecule has 0 saturated carbocycles. The van der Waals surface area contributed by atoms with Gasteiger partial charge in [-0.3, -0.25) is 9.59 Å². The standard InChI is InChI=1S/C28H31FN8O3S/c1-2-3-12-32-28(40)35(13-11-30)36-17-24(38)37-21(14-18-7-9-20(29)10-8-18)26(39)34(16-23(36)37)15-19-5-4-6-22-25(19)33-27(31)41-22/h4-10,21,23H,2-3,12-17H2,1H3,(H2,31,33)(H,32,40)/t21-,23+/m0/s1. The van der Waals surface area contributed by atoms with Crippen LogP contribution in [0.15, 0.2) is 42.5 Å². The number of nitrogen functional groups attached to an aromatic ring is 1. The quantitative estimate of drug-likeness (QED) is 0.294. The van der Waals surface area contributed by atoms with Gasteiger partial charge in [-0.2, -0.15) is 10.3 Å². The van der Waals surface area contributed by atoms with Crippen molar-refractivity contribution in [2.75, 3.05) is 31.9 Å². The number of carbonyl (C=O) groups excluding carboxylic acids is 3. The summed E-state index contributed by atoms with van der Waals surface area (Å²) in [5.74, 6) is -0.988. The number of para-hydroxylation sites is 1. The minimum Gasteiger partial charge on any atom is -0.375 e. The number of anilines is 1. The molecule has 0 aliphatic carbocycles. The zero-order valence-corrected chi connectivity index (χ0v) is 23.4. The van der Waals surface area contributed by atoms with Crippen LogP contribution in [0.1, 0.15) is 30.9 Å². The molecule has 0 radical (unpaired) electrons. The monoisotopic (exact) mass is 578 g/mol. The fourth-order valence-electron chi connectivity index (χ4n) is 5.40. The maximum Gasteiger partial charge on any atom is 0.333 e. The maximum atomic E-state index is 14.0. The topological polar surface area (TPSA) is 139 Å². The third-order valence-corrected chi connectivity index (χ3v) is 8.21. The van der Waals surface area contributed by atoms with Crippen LogP contribution in [-0.2, 0) is 22.6 Å². The summed E-state index contributed by atoms with van der Waals surface area (Å²) in [5.41, 5.74) is 8.16. The molecule has 0 unspecified atom stereocenters. The van der Waals surface area contributed by atoms with E-state index in [-0.39, 0.29) is 44.4 Å². The lowest BCUT2D eigenvalue weighted by Crippen LogP contribution is -2.66. The normalized spacial score (nSPS) is 19.0. The summed E-state index contributed by atoms with van der Waals surface area (Å²) < 4.78 is 14.5. The summed E-state index contributed by atoms with van der Waals surface area (Å²) in [4.78, 5) is 48.2. The number of unbranched alkanes of at least 4 members (excludes halogenated alkanes) is 1. The number of nitriles is 1. The Morgan fingerprint density at radius 3 is 2.78 bits per heavy atom. The molecular weight excluding hydrogens is 547 g/mol. The van der Waals surface area contributed by atoms with E-state index in [1.807, 2.05) is 31.2 Å². The predicted octanol–water partition coefficient (Wildman–Crippen LogP) is 2.69. The lowest BCUT2D eigenvalue weighted by atomic mass is 10.00. The van der Waals surface area contributed by atoms with Crippen molar-refractivity contribution in [3.8, 4) is 6.07 Å². The molecule has 0 spiro atoms. The second kappa shape index (κ2) is 12.1. The smallest absolute Gasteiger partial charge is 0.333 e. The van der Waals surface area contributed by atoms with Gasteiger partial charge in [0.15, 0.2) is 5.13 Å². The number of nitrogens with one attached hydrogen (secondary N) is 1. The summed E-state index contributed by atoms with van der Waals surface area (Å²) >= 11 is 1.36. The average Bonchev–Trinajstić information content (AvgIpc) is 3.49. The number of halogens is 1. The molecule has 2 aromatic carbocycles. The van der Waals surface area contributed by atoms with Crippen molar-refractivity contribution in [1.29, 1.82) is 5.26 Å². The van der Waals surface area contributed by atoms with Crippen LogP contribution < -0.4 is 11.1 Å². The van der Waals surface area contributed by atoms with Crippen molar-refractivity contribution >= 4 is 44.5 Å². The number of thiazole rings is 1. The summed E-state index contributed by atoms with van der Waals surface area (Å²) in [6, 6.07) is 12.2. The molecule has 3 aromatic rings. The Kier molecular flexibility index (Phi) is 8.32. The molecule has 2 saturated heterocycles. The number of urea groups is 1. The molecule has 2 atom stereocenters. The van der Waals surface area contributed by atoms with Gasteiger partial charge in [-0.15, -0.1) is 0 Å². The summed E-state index contributed by atoms with van der Waals surface area (Å²) in [6.45, 7) is 2.35. The number of carbonyl (C=O) groups is 3. The fraction of sp³-hybridized carbons (Fsp3) is 0.393. The lowest BCUT2D eigenvalue weighted by Gasteiger charge is -2.46. The van der Waals surface area contributed by atoms with Gasteiger partial charge in [0.1, 0.15) is 24.6 Å². The highest BCUT2D eigenvalue weighted by molar-refractivity contribution is 7.22. The van der Waals surface area contributed by atoms with Gasteiger partial charge >= 0.3 is 6.03 Å². The van der Waals surface area contributed by atoms with Crippen molar-refractivity contribution in [3.63, 3.8) is 0 Å². The van der Waals surface area contributed by atoms with Crippen LogP contribution in [0.4, 0.5) is 14.3 Å². The largest absolute Gasteiger partial charge is 0.375 e. The second-order valence-corrected chi connectivity index (χ2v) is 11.1. The Hall–Kier alpha value is -4.28. The zero-order valence-electron chi connectivity index (χ0n) is 22.6. The average molecular weight is 579 g/mol. The number of hydrazine groups is 1. The minimum absolute atomic E-state index is 0.116. The van der Waals surface area contributed by atoms with E-state index >= 15 is 0 Å². The molecule has 11 nitrogen and oxygen atoms in total. The molecule has 0 bridgehead atoms. The highest BCUT2D eigenvalue weighted by Gasteiger charge is 2.52. The molecule has 13 heteroatoms. The summed E-state index contributed by atoms with van der Waals surface area (Å²) in [6.07, 6.45) is 1.14. The number of piperazine rings is 1. The molecule has 1 aromatic heterocycles. The summed E-state index contributed by atoms with van der Waals surface area (Å²) in [7, 11) is 0. The minimum atomic E-state index is -0.886. The van der Waals surface area contributed by atoms with Gasteiger partial charge in [0.2, 0.25) is 11.8 Å². The van der Waals surface area contributed by atoms with E-state index in [4.69, 9.17) is 5.73 Å². The molecule has 4 amide bonds. The Bertz CT molecular complexity index is 1490. The van der Waals surface area contributed by atoms with Crippen LogP contribution in [-0.4, -0.2) is 81.0 Å². The van der Waals surface area contributed by atoms with Gasteiger partial charge in [0.25, 0.3) is 0 Å². The van der Waals surface area contributed by atoms with Gasteiger partial charge in [-0.25, -0.2) is 19.2 Å². The van der Waals surface area contributed by atoms with Crippen LogP contribution in [0, 0.1) is 17.1 Å². The number of fused-ring (bicyclic) bond motifs is 2. The first-order chi connectivity index (χ1) is 19.8. The Morgan fingerprint density at radius 1 is 1.27 bits per heavy atom. The van der Waals surface area contributed by atoms with E-state index < -0.39 is 24.1 Å². The van der Waals surface area contributed by atoms with E-state index in [1.54, 1.807) is 22.0 Å². The van der Waals surface area contributed by atoms with Crippen LogP contribution >= 0.6 is 11.3 Å². The molecule has 2 fully saturated rings. The lowest BCUT2D eigenvalue weighted by molar-refractivity contribution is -0.157. The zero-order chi connectivity index (χ0) is 29.1. The van der Waals surface area contributed by atoms with Crippen LogP contribution in [0.5, 0.6) is 0 Å². The number of nitrogens with two attached hydrogens (primary N) is 1. The Balaban J connectivity index is 1.49. The highest BCUT2D eigenvalue weighted by atomic mass is 32.1. The van der Waals surface area contributed by atoms with Crippen LogP contribution in [0.25, 0.3) is 10.2 Å². The van der Waals surface area contributed by atoms with Gasteiger partial charge in [0.05, 0.1) is 29.4 Å². The maximum absolute atomic E-state index is 14.0. The first-order valence-electron chi connectivity index (χ1n) is 13.5. The third kappa shape index (κ3) is 5.79. The van der Waals surface area contributed by atoms with Crippen molar-refractivity contribution in [1.82, 2.24) is 30.1 Å². The number of nitrogens with zero attached hydrogens (tertiary/aromatic N) is 6. The van der Waals surface area contributed by atoms with Gasteiger partial charge in [-0.05, 0) is 35.7 Å². The van der Waals surface area contributed by atoms with Crippen LogP contribution in [0.2, 0.25) is 0 Å². The molecule has 214 valence electrons. The first kappa shape index (κ1) is 28.3. The van der Waals surface area contributed by atoms with Gasteiger partial charge in [0, 0.05) is 19.5 Å². The molecule has 3 heterocycles. The molecular formula is C28H31FN8O3S. The molecule has 2 aliphatic rings. The third-order valence-electron chi connectivity index (χ3n) is 7.36. The number of amides is 4. The number of aromatic nitrogens is 1. The van der Waals surface area contributed by atoms with Crippen molar-refractivity contribution < 1.29 is 18.8 Å². The number of hydrogen-bond donors (Lipinski definition) is 2. The highest BCUT2D eigenvalue weighted by Crippen LogP contribution is 2.32. The second-order valence-electron chi connectivity index (χ2n) is 10.1. The van der Waals surface area contributed by atoms with Crippen molar-refractivity contribution in [2.24, 2.45) is 0 Å². The van der Waals surface area contributed by atoms with Crippen molar-refractivity contribution in [3.05, 3.63) is 59.4 Å². The Morgan fingerprint density at radius 2 is 2.05 bits per heavy atom. The number of rotatable bonds is 9. The van der Waals surface area contributed by atoms with E-state index in [9.17, 15) is 24.0 Å². The van der Waals surface area contributed by atoms with E-state index in [2.05, 4.69) is 10.3 Å². The molecule has 5 rings (SSSR count). The van der Waals surface area contributed by atoms with E-state index in [0.29, 0.717) is 22.8 Å². The SMILES string of the molecule is CCCCNC(=O)N(CC#N)N1CC(=O)N2[C@@H](Cc3ccc(F)cc3)C(=O)N(Cc3cccc4sc(N)nc34)C[C@@H]21. The predicted molar refractivity (Wildman–Crippen MR) is 151 cm³/mol. The van der Waals surface area contributed by atoms with Gasteiger partial charge < -0.3 is 20.9 Å². The fourth-order valence-corrected chi connectivity index (χ4v) is 6.18. The Labute approximate surface area is 240 Å². The molecule has 2 aliphatic heterocycles. The van der Waals surface area contributed by atoms with Gasteiger partial charge in [-0.1, -0.05) is 48.9 Å².